The molecule has 0 saturated carbocycles. The SMILES string of the molecule is CCc1ccc(-c2ccn(CC)n2)cc1. The Kier molecular flexibility index (Phi) is 2.86. The minimum Gasteiger partial charge on any atom is -0.272 e. The molecule has 0 aliphatic carbocycles. The first-order chi connectivity index (χ1) is 7.33. The zero-order valence-corrected chi connectivity index (χ0v) is 9.27. The highest BCUT2D eigenvalue weighted by atomic mass is 15.3. The third-order valence-corrected chi connectivity index (χ3v) is 2.62. The van der Waals surface area contributed by atoms with E-state index in [1.54, 1.807) is 0 Å². The maximum atomic E-state index is 4.47. The summed E-state index contributed by atoms with van der Waals surface area (Å²) in [5.74, 6) is 0. The molecular formula is C13H16N2. The summed E-state index contributed by atoms with van der Waals surface area (Å²) in [6, 6.07) is 10.7. The summed E-state index contributed by atoms with van der Waals surface area (Å²) in [7, 11) is 0. The van der Waals surface area contributed by atoms with E-state index in [0.717, 1.165) is 18.7 Å². The Bertz CT molecular complexity index is 426. The van der Waals surface area contributed by atoms with Crippen molar-refractivity contribution in [3.05, 3.63) is 42.1 Å². The monoisotopic (exact) mass is 200 g/mol. The molecule has 78 valence electrons. The number of aromatic nitrogens is 2. The second kappa shape index (κ2) is 4.30. The van der Waals surface area contributed by atoms with Crippen LogP contribution in [0.5, 0.6) is 0 Å². The van der Waals surface area contributed by atoms with Crippen LogP contribution in [0.2, 0.25) is 0 Å². The number of aryl methyl sites for hydroxylation is 2. The second-order valence-corrected chi connectivity index (χ2v) is 3.61. The number of hydrogen-bond donors (Lipinski definition) is 0. The van der Waals surface area contributed by atoms with Crippen molar-refractivity contribution in [2.24, 2.45) is 0 Å². The molecule has 0 spiro atoms. The van der Waals surface area contributed by atoms with Crippen LogP contribution in [0.4, 0.5) is 0 Å². The van der Waals surface area contributed by atoms with Gasteiger partial charge >= 0.3 is 0 Å². The van der Waals surface area contributed by atoms with Crippen LogP contribution < -0.4 is 0 Å². The van der Waals surface area contributed by atoms with Crippen LogP contribution in [0.1, 0.15) is 19.4 Å². The Morgan fingerprint density at radius 3 is 2.33 bits per heavy atom. The fraction of sp³-hybridized carbons (Fsp3) is 0.308. The minimum absolute atomic E-state index is 0.924. The molecule has 0 saturated heterocycles. The zero-order valence-electron chi connectivity index (χ0n) is 9.27. The minimum atomic E-state index is 0.924. The van der Waals surface area contributed by atoms with Gasteiger partial charge in [-0.15, -0.1) is 0 Å². The molecular weight excluding hydrogens is 184 g/mol. The van der Waals surface area contributed by atoms with Crippen molar-refractivity contribution in [1.29, 1.82) is 0 Å². The molecule has 0 aliphatic heterocycles. The molecule has 0 atom stereocenters. The van der Waals surface area contributed by atoms with Crippen molar-refractivity contribution < 1.29 is 0 Å². The lowest BCUT2D eigenvalue weighted by Crippen LogP contribution is -1.93. The average molecular weight is 200 g/mol. The van der Waals surface area contributed by atoms with Crippen molar-refractivity contribution in [3.8, 4) is 11.3 Å². The van der Waals surface area contributed by atoms with E-state index in [1.165, 1.54) is 11.1 Å². The van der Waals surface area contributed by atoms with Crippen molar-refractivity contribution in [2.75, 3.05) is 0 Å². The molecule has 0 unspecified atom stereocenters. The summed E-state index contributed by atoms with van der Waals surface area (Å²) < 4.78 is 1.95. The Morgan fingerprint density at radius 1 is 1.07 bits per heavy atom. The molecule has 1 aromatic carbocycles. The number of hydrogen-bond acceptors (Lipinski definition) is 1. The normalized spacial score (nSPS) is 10.5. The standard InChI is InChI=1S/C13H16N2/c1-3-11-5-7-12(8-6-11)13-9-10-15(4-2)14-13/h5-10H,3-4H2,1-2H3. The van der Waals surface area contributed by atoms with Gasteiger partial charge in [0.05, 0.1) is 5.69 Å². The lowest BCUT2D eigenvalue weighted by atomic mass is 10.1. The molecule has 0 fully saturated rings. The summed E-state index contributed by atoms with van der Waals surface area (Å²) in [5, 5.41) is 4.47. The van der Waals surface area contributed by atoms with E-state index < -0.39 is 0 Å². The summed E-state index contributed by atoms with van der Waals surface area (Å²) in [5.41, 5.74) is 3.62. The summed E-state index contributed by atoms with van der Waals surface area (Å²) in [6.07, 6.45) is 3.10. The fourth-order valence-electron chi connectivity index (χ4n) is 1.60. The molecule has 2 nitrogen and oxygen atoms in total. The average Bonchev–Trinajstić information content (AvgIpc) is 2.78. The van der Waals surface area contributed by atoms with Crippen LogP contribution in [0.3, 0.4) is 0 Å². The molecule has 2 rings (SSSR count). The quantitative estimate of drug-likeness (QED) is 0.744. The Morgan fingerprint density at radius 2 is 1.80 bits per heavy atom. The lowest BCUT2D eigenvalue weighted by Gasteiger charge is -1.99. The topological polar surface area (TPSA) is 17.8 Å². The van der Waals surface area contributed by atoms with E-state index in [0.29, 0.717) is 0 Å². The third kappa shape index (κ3) is 2.09. The zero-order chi connectivity index (χ0) is 10.7. The van der Waals surface area contributed by atoms with Gasteiger partial charge in [-0.25, -0.2) is 0 Å². The van der Waals surface area contributed by atoms with E-state index in [2.05, 4.69) is 49.3 Å². The summed E-state index contributed by atoms with van der Waals surface area (Å²) >= 11 is 0. The molecule has 1 heterocycles. The van der Waals surface area contributed by atoms with E-state index in [9.17, 15) is 0 Å². The summed E-state index contributed by atoms with van der Waals surface area (Å²) in [6.45, 7) is 5.19. The van der Waals surface area contributed by atoms with Crippen LogP contribution in [-0.2, 0) is 13.0 Å². The Labute approximate surface area is 90.6 Å². The predicted octanol–water partition coefficient (Wildman–Crippen LogP) is 3.13. The van der Waals surface area contributed by atoms with E-state index in [1.807, 2.05) is 10.9 Å². The van der Waals surface area contributed by atoms with E-state index in [-0.39, 0.29) is 0 Å². The molecule has 0 bridgehead atoms. The highest BCUT2D eigenvalue weighted by molar-refractivity contribution is 5.58. The third-order valence-electron chi connectivity index (χ3n) is 2.62. The Hall–Kier alpha value is -1.57. The summed E-state index contributed by atoms with van der Waals surface area (Å²) in [4.78, 5) is 0. The van der Waals surface area contributed by atoms with Crippen LogP contribution >= 0.6 is 0 Å². The van der Waals surface area contributed by atoms with Gasteiger partial charge in [-0.05, 0) is 25.0 Å². The lowest BCUT2D eigenvalue weighted by molar-refractivity contribution is 0.662. The first-order valence-corrected chi connectivity index (χ1v) is 5.46. The highest BCUT2D eigenvalue weighted by Gasteiger charge is 2.00. The molecule has 0 N–H and O–H groups in total. The largest absolute Gasteiger partial charge is 0.272 e. The number of rotatable bonds is 3. The fourth-order valence-corrected chi connectivity index (χ4v) is 1.60. The van der Waals surface area contributed by atoms with Gasteiger partial charge in [0.1, 0.15) is 0 Å². The maximum Gasteiger partial charge on any atom is 0.0923 e. The first-order valence-electron chi connectivity index (χ1n) is 5.46. The van der Waals surface area contributed by atoms with Crippen molar-refractivity contribution >= 4 is 0 Å². The first kappa shape index (κ1) is 9.97. The van der Waals surface area contributed by atoms with Gasteiger partial charge in [0.2, 0.25) is 0 Å². The van der Waals surface area contributed by atoms with E-state index >= 15 is 0 Å². The molecule has 2 heteroatoms. The molecule has 15 heavy (non-hydrogen) atoms. The predicted molar refractivity (Wildman–Crippen MR) is 62.7 cm³/mol. The van der Waals surface area contributed by atoms with Gasteiger partial charge in [0.25, 0.3) is 0 Å². The van der Waals surface area contributed by atoms with Gasteiger partial charge in [0, 0.05) is 18.3 Å². The number of benzene rings is 1. The van der Waals surface area contributed by atoms with Crippen LogP contribution in [0.25, 0.3) is 11.3 Å². The smallest absolute Gasteiger partial charge is 0.0923 e. The maximum absolute atomic E-state index is 4.47. The molecule has 2 aromatic rings. The highest BCUT2D eigenvalue weighted by Crippen LogP contribution is 2.17. The Balaban J connectivity index is 2.28. The second-order valence-electron chi connectivity index (χ2n) is 3.61. The van der Waals surface area contributed by atoms with Gasteiger partial charge in [0.15, 0.2) is 0 Å². The van der Waals surface area contributed by atoms with Gasteiger partial charge in [-0.1, -0.05) is 31.2 Å². The molecule has 0 amide bonds. The van der Waals surface area contributed by atoms with Crippen molar-refractivity contribution in [2.45, 2.75) is 26.8 Å². The molecule has 0 radical (unpaired) electrons. The molecule has 0 aliphatic rings. The van der Waals surface area contributed by atoms with Crippen LogP contribution in [-0.4, -0.2) is 9.78 Å². The van der Waals surface area contributed by atoms with Crippen molar-refractivity contribution in [1.82, 2.24) is 9.78 Å². The van der Waals surface area contributed by atoms with Gasteiger partial charge in [-0.2, -0.15) is 5.10 Å². The van der Waals surface area contributed by atoms with Crippen molar-refractivity contribution in [3.63, 3.8) is 0 Å². The number of nitrogens with zero attached hydrogens (tertiary/aromatic N) is 2. The van der Waals surface area contributed by atoms with Gasteiger partial charge in [-0.3, -0.25) is 4.68 Å². The van der Waals surface area contributed by atoms with Crippen LogP contribution in [0, 0.1) is 0 Å². The van der Waals surface area contributed by atoms with E-state index in [4.69, 9.17) is 0 Å². The van der Waals surface area contributed by atoms with Crippen LogP contribution in [0.15, 0.2) is 36.5 Å². The molecule has 1 aromatic heterocycles. The van der Waals surface area contributed by atoms with Gasteiger partial charge < -0.3 is 0 Å².